The van der Waals surface area contributed by atoms with Crippen LogP contribution in [-0.2, 0) is 0 Å². The monoisotopic (exact) mass is 837 g/mol. The standard InChI is InChI=1S/C46H98N2.2BrH/c1-7-9-11-13-15-17-19-21-23-25-27-29-31-33-35-39-43-47(3,4)45-41-37-38-42-46-48(5,6)44-40-36-34-32-30-28-26-24-22-20-18-16-14-12-10-8-2;;/h7-46H2,1-6H3;2*1H/q+2;;/p-2. The molecule has 0 spiro atoms. The second-order valence-electron chi connectivity index (χ2n) is 17.8. The van der Waals surface area contributed by atoms with Crippen molar-refractivity contribution >= 4 is 0 Å². The second-order valence-corrected chi connectivity index (χ2v) is 17.8. The lowest BCUT2D eigenvalue weighted by molar-refractivity contribution is -0.891. The first kappa shape index (κ1) is 55.2. The predicted octanol–water partition coefficient (Wildman–Crippen LogP) is 9.23. The van der Waals surface area contributed by atoms with Gasteiger partial charge in [-0.25, -0.2) is 0 Å². The number of hydrogen-bond acceptors (Lipinski definition) is 0. The number of nitrogens with zero attached hydrogens (tertiary/aromatic N) is 2. The fourth-order valence-corrected chi connectivity index (χ4v) is 7.83. The fraction of sp³-hybridized carbons (Fsp3) is 1.00. The van der Waals surface area contributed by atoms with Crippen LogP contribution < -0.4 is 34.0 Å². The van der Waals surface area contributed by atoms with Gasteiger partial charge in [-0.15, -0.1) is 0 Å². The molecule has 2 nitrogen and oxygen atoms in total. The molecule has 0 rings (SSSR count). The van der Waals surface area contributed by atoms with Crippen LogP contribution >= 0.6 is 0 Å². The number of quaternary nitrogens is 2. The van der Waals surface area contributed by atoms with Gasteiger partial charge in [0.1, 0.15) is 0 Å². The molecule has 0 aromatic carbocycles. The highest BCUT2D eigenvalue weighted by atomic mass is 79.9. The Bertz CT molecular complexity index is 557. The Morgan fingerprint density at radius 1 is 0.200 bits per heavy atom. The lowest BCUT2D eigenvalue weighted by Gasteiger charge is -2.31. The Morgan fingerprint density at radius 3 is 0.460 bits per heavy atom. The molecule has 0 aliphatic carbocycles. The van der Waals surface area contributed by atoms with Crippen LogP contribution in [0.1, 0.15) is 245 Å². The summed E-state index contributed by atoms with van der Waals surface area (Å²) in [6.07, 6.45) is 52.5. The summed E-state index contributed by atoms with van der Waals surface area (Å²) in [6.45, 7) is 10.1. The van der Waals surface area contributed by atoms with Gasteiger partial charge in [-0.2, -0.15) is 0 Å². The molecule has 0 radical (unpaired) electrons. The summed E-state index contributed by atoms with van der Waals surface area (Å²) in [6, 6.07) is 0. The van der Waals surface area contributed by atoms with E-state index in [1.807, 2.05) is 0 Å². The van der Waals surface area contributed by atoms with Crippen LogP contribution in [-0.4, -0.2) is 63.3 Å². The quantitative estimate of drug-likeness (QED) is 0.0426. The van der Waals surface area contributed by atoms with Crippen molar-refractivity contribution < 1.29 is 42.9 Å². The number of halogens is 2. The van der Waals surface area contributed by atoms with Crippen LogP contribution in [0.2, 0.25) is 0 Å². The molecule has 0 heterocycles. The minimum absolute atomic E-state index is 0. The maximum atomic E-state index is 2.48. The van der Waals surface area contributed by atoms with Crippen molar-refractivity contribution in [2.24, 2.45) is 0 Å². The molecule has 0 aliphatic heterocycles. The van der Waals surface area contributed by atoms with Gasteiger partial charge in [0, 0.05) is 0 Å². The molecule has 0 aromatic rings. The minimum atomic E-state index is 0. The van der Waals surface area contributed by atoms with Gasteiger partial charge >= 0.3 is 0 Å². The Kier molecular flexibility index (Phi) is 47.1. The molecule has 0 N–H and O–H groups in total. The first-order valence-corrected chi connectivity index (χ1v) is 23.0. The molecule has 0 saturated carbocycles. The summed E-state index contributed by atoms with van der Waals surface area (Å²) in [5.41, 5.74) is 0. The van der Waals surface area contributed by atoms with Crippen molar-refractivity contribution in [2.45, 2.75) is 245 Å². The zero-order valence-corrected chi connectivity index (χ0v) is 39.1. The molecular formula is C46H98Br2N2. The van der Waals surface area contributed by atoms with Gasteiger partial charge in [-0.05, 0) is 51.4 Å². The van der Waals surface area contributed by atoms with Crippen molar-refractivity contribution in [3.05, 3.63) is 0 Å². The molecule has 0 saturated heterocycles. The molecule has 0 fully saturated rings. The molecule has 0 atom stereocenters. The maximum absolute atomic E-state index is 2.48. The van der Waals surface area contributed by atoms with Gasteiger partial charge in [-0.3, -0.25) is 0 Å². The van der Waals surface area contributed by atoms with Gasteiger partial charge in [0.05, 0.1) is 54.4 Å². The van der Waals surface area contributed by atoms with E-state index in [0.29, 0.717) is 0 Å². The third-order valence-electron chi connectivity index (χ3n) is 11.5. The van der Waals surface area contributed by atoms with E-state index in [-0.39, 0.29) is 34.0 Å². The van der Waals surface area contributed by atoms with Crippen molar-refractivity contribution in [1.82, 2.24) is 0 Å². The topological polar surface area (TPSA) is 0 Å². The molecule has 50 heavy (non-hydrogen) atoms. The summed E-state index contributed by atoms with van der Waals surface area (Å²) >= 11 is 0. The van der Waals surface area contributed by atoms with E-state index in [1.54, 1.807) is 0 Å². The van der Waals surface area contributed by atoms with Crippen LogP contribution in [0.15, 0.2) is 0 Å². The SMILES string of the molecule is CCCCCCCCCCCCCCCCCC[N+](C)(C)CCCCCC[N+](C)(C)CCCCCCCCCCCCCCCCCC.[Br-].[Br-]. The minimum Gasteiger partial charge on any atom is -1.00 e. The fourth-order valence-electron chi connectivity index (χ4n) is 7.83. The van der Waals surface area contributed by atoms with Crippen LogP contribution in [0.25, 0.3) is 0 Å². The van der Waals surface area contributed by atoms with E-state index in [1.165, 1.54) is 266 Å². The molecule has 0 aromatic heterocycles. The molecule has 0 bridgehead atoms. The summed E-state index contributed by atoms with van der Waals surface area (Å²) < 4.78 is 2.47. The van der Waals surface area contributed by atoms with Gasteiger partial charge in [-0.1, -0.05) is 194 Å². The van der Waals surface area contributed by atoms with Crippen molar-refractivity contribution in [2.75, 3.05) is 54.4 Å². The van der Waals surface area contributed by atoms with Gasteiger partial charge in [0.25, 0.3) is 0 Å². The molecule has 0 aliphatic rings. The van der Waals surface area contributed by atoms with Crippen LogP contribution in [0, 0.1) is 0 Å². The molecular weight excluding hydrogens is 740 g/mol. The maximum Gasteiger partial charge on any atom is 0.0782 e. The average Bonchev–Trinajstić information content (AvgIpc) is 3.06. The van der Waals surface area contributed by atoms with E-state index >= 15 is 0 Å². The van der Waals surface area contributed by atoms with Crippen LogP contribution in [0.4, 0.5) is 0 Å². The highest BCUT2D eigenvalue weighted by molar-refractivity contribution is 4.53. The third-order valence-corrected chi connectivity index (χ3v) is 11.5. The first-order chi connectivity index (χ1) is 23.3. The summed E-state index contributed by atoms with van der Waals surface area (Å²) in [5.74, 6) is 0. The van der Waals surface area contributed by atoms with E-state index in [0.717, 1.165) is 0 Å². The van der Waals surface area contributed by atoms with E-state index < -0.39 is 0 Å². The Balaban J connectivity index is -0.0000110. The molecule has 0 unspecified atom stereocenters. The average molecular weight is 839 g/mol. The van der Waals surface area contributed by atoms with Crippen LogP contribution in [0.5, 0.6) is 0 Å². The lowest BCUT2D eigenvalue weighted by atomic mass is 10.0. The summed E-state index contributed by atoms with van der Waals surface area (Å²) in [5, 5.41) is 0. The highest BCUT2D eigenvalue weighted by Gasteiger charge is 2.16. The molecule has 0 amide bonds. The summed E-state index contributed by atoms with van der Waals surface area (Å²) in [4.78, 5) is 0. The zero-order chi connectivity index (χ0) is 35.3. The van der Waals surface area contributed by atoms with Crippen molar-refractivity contribution in [3.8, 4) is 0 Å². The highest BCUT2D eigenvalue weighted by Crippen LogP contribution is 2.17. The van der Waals surface area contributed by atoms with Gasteiger partial charge in [0.15, 0.2) is 0 Å². The number of unbranched alkanes of at least 4 members (excludes halogenated alkanes) is 33. The van der Waals surface area contributed by atoms with Gasteiger partial charge < -0.3 is 42.9 Å². The van der Waals surface area contributed by atoms with Crippen molar-refractivity contribution in [3.63, 3.8) is 0 Å². The number of hydrogen-bond donors (Lipinski definition) is 0. The Labute approximate surface area is 340 Å². The largest absolute Gasteiger partial charge is 1.00 e. The smallest absolute Gasteiger partial charge is 0.0782 e. The third kappa shape index (κ3) is 45.0. The van der Waals surface area contributed by atoms with Crippen LogP contribution in [0.3, 0.4) is 0 Å². The van der Waals surface area contributed by atoms with E-state index in [4.69, 9.17) is 0 Å². The van der Waals surface area contributed by atoms with E-state index in [2.05, 4.69) is 42.0 Å². The van der Waals surface area contributed by atoms with Crippen molar-refractivity contribution in [1.29, 1.82) is 0 Å². The Hall–Kier alpha value is 0.880. The molecule has 306 valence electrons. The first-order valence-electron chi connectivity index (χ1n) is 23.0. The lowest BCUT2D eigenvalue weighted by Crippen LogP contribution is -3.00. The predicted molar refractivity (Wildman–Crippen MR) is 221 cm³/mol. The normalized spacial score (nSPS) is 11.9. The molecule has 4 heteroatoms. The van der Waals surface area contributed by atoms with E-state index in [9.17, 15) is 0 Å². The summed E-state index contributed by atoms with van der Waals surface area (Å²) in [7, 11) is 9.90. The van der Waals surface area contributed by atoms with Gasteiger partial charge in [0.2, 0.25) is 0 Å². The zero-order valence-electron chi connectivity index (χ0n) is 35.9. The second kappa shape index (κ2) is 42.6. The number of rotatable bonds is 41. The Morgan fingerprint density at radius 2 is 0.320 bits per heavy atom.